The molecule has 0 radical (unpaired) electrons. The fraction of sp³-hybridized carbons (Fsp3) is 0.364. The molecular formula is C11H15NO3. The van der Waals surface area contributed by atoms with Gasteiger partial charge in [-0.25, -0.2) is 4.79 Å². The Bertz CT molecular complexity index is 350. The molecule has 4 heteroatoms. The van der Waals surface area contributed by atoms with Gasteiger partial charge in [0.05, 0.1) is 12.2 Å². The van der Waals surface area contributed by atoms with E-state index >= 15 is 0 Å². The van der Waals surface area contributed by atoms with Crippen LogP contribution < -0.4 is 5.73 Å². The quantitative estimate of drug-likeness (QED) is 0.442. The number of aliphatic hydroxyl groups is 1. The molecule has 0 aromatic heterocycles. The molecule has 82 valence electrons. The summed E-state index contributed by atoms with van der Waals surface area (Å²) in [4.78, 5) is 11.5. The largest absolute Gasteiger partial charge is 0.462 e. The van der Waals surface area contributed by atoms with Gasteiger partial charge in [-0.05, 0) is 19.1 Å². The zero-order valence-electron chi connectivity index (χ0n) is 8.69. The standard InChI is InChI=1S/C11H15NO3/c1-8-3-4-10(12)9(7-8)11(14)15-6-2-5-13/h3-4,7,13H,2,5-6,12H2,1H3. The number of nitrogens with two attached hydrogens (primary N) is 1. The third-order valence-electron chi connectivity index (χ3n) is 1.96. The maximum atomic E-state index is 11.5. The third-order valence-corrected chi connectivity index (χ3v) is 1.96. The molecule has 0 fully saturated rings. The molecule has 0 unspecified atom stereocenters. The van der Waals surface area contributed by atoms with Crippen LogP contribution >= 0.6 is 0 Å². The van der Waals surface area contributed by atoms with Gasteiger partial charge in [0.15, 0.2) is 0 Å². The molecule has 1 aromatic rings. The van der Waals surface area contributed by atoms with E-state index in [-0.39, 0.29) is 13.2 Å². The van der Waals surface area contributed by atoms with E-state index in [0.717, 1.165) is 5.56 Å². The van der Waals surface area contributed by atoms with Crippen molar-refractivity contribution in [1.82, 2.24) is 0 Å². The Morgan fingerprint density at radius 3 is 2.93 bits per heavy atom. The van der Waals surface area contributed by atoms with E-state index in [2.05, 4.69) is 0 Å². The fourth-order valence-electron chi connectivity index (χ4n) is 1.15. The fourth-order valence-corrected chi connectivity index (χ4v) is 1.15. The predicted octanol–water partition coefficient (Wildman–Crippen LogP) is 1.12. The van der Waals surface area contributed by atoms with Crippen molar-refractivity contribution in [2.45, 2.75) is 13.3 Å². The van der Waals surface area contributed by atoms with E-state index in [4.69, 9.17) is 15.6 Å². The van der Waals surface area contributed by atoms with Crippen molar-refractivity contribution in [2.24, 2.45) is 0 Å². The Labute approximate surface area is 88.7 Å². The van der Waals surface area contributed by atoms with E-state index in [1.54, 1.807) is 12.1 Å². The SMILES string of the molecule is Cc1ccc(N)c(C(=O)OCCCO)c1. The van der Waals surface area contributed by atoms with Crippen LogP contribution in [0.25, 0.3) is 0 Å². The number of ether oxygens (including phenoxy) is 1. The number of anilines is 1. The number of hydrogen-bond acceptors (Lipinski definition) is 4. The van der Waals surface area contributed by atoms with Crippen molar-refractivity contribution in [3.8, 4) is 0 Å². The summed E-state index contributed by atoms with van der Waals surface area (Å²) in [5.41, 5.74) is 7.40. The Balaban J connectivity index is 2.68. The number of benzene rings is 1. The first kappa shape index (κ1) is 11.5. The molecule has 1 rings (SSSR count). The van der Waals surface area contributed by atoms with Crippen LogP contribution in [-0.4, -0.2) is 24.3 Å². The third kappa shape index (κ3) is 3.25. The average molecular weight is 209 g/mol. The van der Waals surface area contributed by atoms with Crippen molar-refractivity contribution in [1.29, 1.82) is 0 Å². The molecule has 4 nitrogen and oxygen atoms in total. The van der Waals surface area contributed by atoms with Crippen LogP contribution in [0.3, 0.4) is 0 Å². The van der Waals surface area contributed by atoms with Gasteiger partial charge in [0.25, 0.3) is 0 Å². The average Bonchev–Trinajstić information content (AvgIpc) is 2.22. The van der Waals surface area contributed by atoms with Gasteiger partial charge >= 0.3 is 5.97 Å². The first-order chi connectivity index (χ1) is 7.15. The highest BCUT2D eigenvalue weighted by Gasteiger charge is 2.10. The summed E-state index contributed by atoms with van der Waals surface area (Å²) in [6.07, 6.45) is 0.442. The van der Waals surface area contributed by atoms with Gasteiger partial charge < -0.3 is 15.6 Å². The van der Waals surface area contributed by atoms with Gasteiger partial charge in [-0.2, -0.15) is 0 Å². The number of aryl methyl sites for hydroxylation is 1. The van der Waals surface area contributed by atoms with Crippen LogP contribution in [0.1, 0.15) is 22.3 Å². The summed E-state index contributed by atoms with van der Waals surface area (Å²) in [6.45, 7) is 2.10. The summed E-state index contributed by atoms with van der Waals surface area (Å²) in [6, 6.07) is 5.20. The molecule has 0 aliphatic rings. The number of nitrogen functional groups attached to an aromatic ring is 1. The lowest BCUT2D eigenvalue weighted by Crippen LogP contribution is -2.10. The summed E-state index contributed by atoms with van der Waals surface area (Å²) >= 11 is 0. The second kappa shape index (κ2) is 5.36. The minimum atomic E-state index is -0.440. The smallest absolute Gasteiger partial charge is 0.340 e. The van der Waals surface area contributed by atoms with Crippen molar-refractivity contribution in [3.63, 3.8) is 0 Å². The van der Waals surface area contributed by atoms with Crippen LogP contribution in [0.5, 0.6) is 0 Å². The Kier molecular flexibility index (Phi) is 4.12. The predicted molar refractivity (Wildman–Crippen MR) is 57.6 cm³/mol. The molecule has 0 aliphatic heterocycles. The van der Waals surface area contributed by atoms with Gasteiger partial charge in [0.2, 0.25) is 0 Å². The zero-order chi connectivity index (χ0) is 11.3. The topological polar surface area (TPSA) is 72.6 Å². The van der Waals surface area contributed by atoms with Crippen LogP contribution in [0.15, 0.2) is 18.2 Å². The minimum absolute atomic E-state index is 0.0105. The molecule has 0 bridgehead atoms. The molecule has 15 heavy (non-hydrogen) atoms. The van der Waals surface area contributed by atoms with E-state index < -0.39 is 5.97 Å². The molecule has 0 atom stereocenters. The maximum absolute atomic E-state index is 11.5. The number of carbonyl (C=O) groups excluding carboxylic acids is 1. The van der Waals surface area contributed by atoms with E-state index in [0.29, 0.717) is 17.7 Å². The van der Waals surface area contributed by atoms with Crippen molar-refractivity contribution >= 4 is 11.7 Å². The lowest BCUT2D eigenvalue weighted by molar-refractivity contribution is 0.0483. The van der Waals surface area contributed by atoms with E-state index in [1.807, 2.05) is 13.0 Å². The first-order valence-corrected chi connectivity index (χ1v) is 4.79. The van der Waals surface area contributed by atoms with Crippen molar-refractivity contribution < 1.29 is 14.6 Å². The van der Waals surface area contributed by atoms with Crippen LogP contribution in [0.4, 0.5) is 5.69 Å². The Morgan fingerprint density at radius 2 is 2.27 bits per heavy atom. The van der Waals surface area contributed by atoms with Crippen LogP contribution in [0, 0.1) is 6.92 Å². The van der Waals surface area contributed by atoms with Gasteiger partial charge in [-0.15, -0.1) is 0 Å². The van der Waals surface area contributed by atoms with E-state index in [9.17, 15) is 4.79 Å². The minimum Gasteiger partial charge on any atom is -0.462 e. The highest BCUT2D eigenvalue weighted by Crippen LogP contribution is 2.14. The summed E-state index contributed by atoms with van der Waals surface area (Å²) in [7, 11) is 0. The Hall–Kier alpha value is -1.55. The summed E-state index contributed by atoms with van der Waals surface area (Å²) in [5, 5.41) is 8.53. The molecule has 0 aliphatic carbocycles. The zero-order valence-corrected chi connectivity index (χ0v) is 8.69. The first-order valence-electron chi connectivity index (χ1n) is 4.79. The Morgan fingerprint density at radius 1 is 1.53 bits per heavy atom. The van der Waals surface area contributed by atoms with Crippen molar-refractivity contribution in [2.75, 3.05) is 18.9 Å². The number of hydrogen-bond donors (Lipinski definition) is 2. The van der Waals surface area contributed by atoms with Crippen molar-refractivity contribution in [3.05, 3.63) is 29.3 Å². The van der Waals surface area contributed by atoms with Gasteiger partial charge in [-0.1, -0.05) is 11.6 Å². The highest BCUT2D eigenvalue weighted by molar-refractivity contribution is 5.95. The number of aliphatic hydroxyl groups excluding tert-OH is 1. The van der Waals surface area contributed by atoms with E-state index in [1.165, 1.54) is 0 Å². The molecule has 3 N–H and O–H groups in total. The second-order valence-electron chi connectivity index (χ2n) is 3.30. The number of carbonyl (C=O) groups is 1. The molecule has 0 saturated heterocycles. The second-order valence-corrected chi connectivity index (χ2v) is 3.30. The molecule has 0 heterocycles. The summed E-state index contributed by atoms with van der Waals surface area (Å²) < 4.78 is 4.93. The normalized spacial score (nSPS) is 10.0. The monoisotopic (exact) mass is 209 g/mol. The molecule has 0 saturated carbocycles. The van der Waals surface area contributed by atoms with Gasteiger partial charge in [-0.3, -0.25) is 0 Å². The highest BCUT2D eigenvalue weighted by atomic mass is 16.5. The lowest BCUT2D eigenvalue weighted by atomic mass is 10.1. The summed E-state index contributed by atoms with van der Waals surface area (Å²) in [5.74, 6) is -0.440. The molecule has 0 spiro atoms. The maximum Gasteiger partial charge on any atom is 0.340 e. The molecule has 0 amide bonds. The molecular weight excluding hydrogens is 194 g/mol. The lowest BCUT2D eigenvalue weighted by Gasteiger charge is -2.06. The number of rotatable bonds is 4. The molecule has 1 aromatic carbocycles. The number of esters is 1. The van der Waals surface area contributed by atoms with Gasteiger partial charge in [0, 0.05) is 18.7 Å². The van der Waals surface area contributed by atoms with Crippen LogP contribution in [-0.2, 0) is 4.74 Å². The van der Waals surface area contributed by atoms with Crippen LogP contribution in [0.2, 0.25) is 0 Å². The van der Waals surface area contributed by atoms with Gasteiger partial charge in [0.1, 0.15) is 0 Å².